The summed E-state index contributed by atoms with van der Waals surface area (Å²) in [4.78, 5) is 27.5. The molecule has 0 aliphatic carbocycles. The fourth-order valence-corrected chi connectivity index (χ4v) is 3.36. The van der Waals surface area contributed by atoms with Gasteiger partial charge < -0.3 is 15.4 Å². The molecule has 1 aliphatic heterocycles. The Morgan fingerprint density at radius 3 is 2.38 bits per heavy atom. The van der Waals surface area contributed by atoms with Gasteiger partial charge >= 0.3 is 0 Å². The van der Waals surface area contributed by atoms with Crippen molar-refractivity contribution in [1.29, 1.82) is 0 Å². The fourth-order valence-electron chi connectivity index (χ4n) is 3.36. The zero-order valence-corrected chi connectivity index (χ0v) is 17.3. The van der Waals surface area contributed by atoms with Gasteiger partial charge in [0.05, 0.1) is 13.2 Å². The van der Waals surface area contributed by atoms with Crippen molar-refractivity contribution in [1.82, 2.24) is 10.2 Å². The molecule has 0 radical (unpaired) electrons. The van der Waals surface area contributed by atoms with Gasteiger partial charge in [0, 0.05) is 42.0 Å². The van der Waals surface area contributed by atoms with Gasteiger partial charge in [0.2, 0.25) is 0 Å². The number of hydrogen-bond acceptors (Lipinski definition) is 4. The van der Waals surface area contributed by atoms with Crippen LogP contribution in [0.4, 0.5) is 5.69 Å². The van der Waals surface area contributed by atoms with Crippen LogP contribution >= 0.6 is 0 Å². The van der Waals surface area contributed by atoms with Gasteiger partial charge in [-0.2, -0.15) is 0 Å². The standard InChI is InChI=1S/C23H29N3O3/c1-17-9-10-19(15-20(17)25-22(28)18-7-5-4-6-8-18)21(27)24-16-23(2,3)26-11-13-29-14-12-26/h4-10,15H,11-14,16H2,1-3H3,(H,24,27)(H,25,28). The monoisotopic (exact) mass is 395 g/mol. The first-order valence-electron chi connectivity index (χ1n) is 9.95. The predicted octanol–water partition coefficient (Wildman–Crippen LogP) is 3.09. The summed E-state index contributed by atoms with van der Waals surface area (Å²) in [7, 11) is 0. The molecule has 2 aromatic rings. The zero-order valence-electron chi connectivity index (χ0n) is 17.3. The van der Waals surface area contributed by atoms with Gasteiger partial charge in [0.1, 0.15) is 0 Å². The number of nitrogens with zero attached hydrogens (tertiary/aromatic N) is 1. The van der Waals surface area contributed by atoms with Crippen LogP contribution in [-0.4, -0.2) is 55.1 Å². The minimum absolute atomic E-state index is 0.151. The van der Waals surface area contributed by atoms with E-state index in [1.165, 1.54) is 0 Å². The Hall–Kier alpha value is -2.70. The quantitative estimate of drug-likeness (QED) is 0.789. The van der Waals surface area contributed by atoms with Crippen LogP contribution in [0.15, 0.2) is 48.5 Å². The molecule has 1 heterocycles. The van der Waals surface area contributed by atoms with Gasteiger partial charge in [0.25, 0.3) is 11.8 Å². The number of rotatable bonds is 6. The second-order valence-corrected chi connectivity index (χ2v) is 7.94. The third-order valence-electron chi connectivity index (χ3n) is 5.33. The average Bonchev–Trinajstić information content (AvgIpc) is 2.75. The largest absolute Gasteiger partial charge is 0.379 e. The van der Waals surface area contributed by atoms with Crippen LogP contribution in [0.1, 0.15) is 40.1 Å². The molecule has 2 amide bonds. The lowest BCUT2D eigenvalue weighted by Crippen LogP contribution is -2.55. The minimum Gasteiger partial charge on any atom is -0.379 e. The Morgan fingerprint density at radius 2 is 1.69 bits per heavy atom. The number of morpholine rings is 1. The highest BCUT2D eigenvalue weighted by Crippen LogP contribution is 2.19. The first-order valence-corrected chi connectivity index (χ1v) is 9.95. The molecule has 6 nitrogen and oxygen atoms in total. The van der Waals surface area contributed by atoms with Crippen molar-refractivity contribution in [3.05, 3.63) is 65.2 Å². The molecule has 0 atom stereocenters. The van der Waals surface area contributed by atoms with Crippen LogP contribution < -0.4 is 10.6 Å². The van der Waals surface area contributed by atoms with Crippen LogP contribution in [0.3, 0.4) is 0 Å². The van der Waals surface area contributed by atoms with Crippen molar-refractivity contribution < 1.29 is 14.3 Å². The molecule has 1 saturated heterocycles. The van der Waals surface area contributed by atoms with Gasteiger partial charge in [0.15, 0.2) is 0 Å². The molecule has 1 fully saturated rings. The summed E-state index contributed by atoms with van der Waals surface area (Å²) in [5.41, 5.74) is 2.48. The topological polar surface area (TPSA) is 70.7 Å². The van der Waals surface area contributed by atoms with Gasteiger partial charge in [-0.15, -0.1) is 0 Å². The lowest BCUT2D eigenvalue weighted by molar-refractivity contribution is -0.00923. The molecule has 0 saturated carbocycles. The van der Waals surface area contributed by atoms with Gasteiger partial charge in [-0.25, -0.2) is 0 Å². The average molecular weight is 396 g/mol. The van der Waals surface area contributed by atoms with Crippen molar-refractivity contribution in [2.75, 3.05) is 38.2 Å². The second kappa shape index (κ2) is 9.20. The number of amides is 2. The van der Waals surface area contributed by atoms with Crippen molar-refractivity contribution in [3.8, 4) is 0 Å². The highest BCUT2D eigenvalue weighted by Gasteiger charge is 2.28. The molecule has 2 N–H and O–H groups in total. The van der Waals surface area contributed by atoms with Crippen molar-refractivity contribution in [2.45, 2.75) is 26.3 Å². The highest BCUT2D eigenvalue weighted by molar-refractivity contribution is 6.05. The van der Waals surface area contributed by atoms with Crippen molar-refractivity contribution in [3.63, 3.8) is 0 Å². The van der Waals surface area contributed by atoms with Crippen LogP contribution in [0, 0.1) is 6.92 Å². The van der Waals surface area contributed by atoms with E-state index in [-0.39, 0.29) is 17.4 Å². The normalized spacial score (nSPS) is 15.0. The third kappa shape index (κ3) is 5.43. The molecule has 29 heavy (non-hydrogen) atoms. The van der Waals surface area contributed by atoms with Crippen LogP contribution in [0.25, 0.3) is 0 Å². The third-order valence-corrected chi connectivity index (χ3v) is 5.33. The molecule has 0 aromatic heterocycles. The molecule has 2 aromatic carbocycles. The fraction of sp³-hybridized carbons (Fsp3) is 0.391. The second-order valence-electron chi connectivity index (χ2n) is 7.94. The van der Waals surface area contributed by atoms with E-state index in [0.29, 0.717) is 23.4 Å². The first kappa shape index (κ1) is 21.0. The highest BCUT2D eigenvalue weighted by atomic mass is 16.5. The number of ether oxygens (including phenoxy) is 1. The molecule has 154 valence electrons. The van der Waals surface area contributed by atoms with E-state index in [2.05, 4.69) is 29.4 Å². The Kier molecular flexibility index (Phi) is 6.67. The van der Waals surface area contributed by atoms with Crippen molar-refractivity contribution in [2.24, 2.45) is 0 Å². The summed E-state index contributed by atoms with van der Waals surface area (Å²) < 4.78 is 5.41. The maximum absolute atomic E-state index is 12.7. The molecular formula is C23H29N3O3. The minimum atomic E-state index is -0.195. The summed E-state index contributed by atoms with van der Waals surface area (Å²) in [6.07, 6.45) is 0. The van der Waals surface area contributed by atoms with Crippen LogP contribution in [-0.2, 0) is 4.74 Å². The number of aryl methyl sites for hydroxylation is 1. The Bertz CT molecular complexity index is 859. The molecule has 1 aliphatic rings. The van der Waals surface area contributed by atoms with E-state index in [4.69, 9.17) is 4.74 Å². The molecule has 6 heteroatoms. The lowest BCUT2D eigenvalue weighted by Gasteiger charge is -2.40. The predicted molar refractivity (Wildman–Crippen MR) is 114 cm³/mol. The zero-order chi connectivity index (χ0) is 20.9. The number of nitrogens with one attached hydrogen (secondary N) is 2. The number of carbonyl (C=O) groups excluding carboxylic acids is 2. The van der Waals surface area contributed by atoms with E-state index < -0.39 is 0 Å². The number of benzene rings is 2. The van der Waals surface area contributed by atoms with Crippen LogP contribution in [0.2, 0.25) is 0 Å². The van der Waals surface area contributed by atoms with Crippen molar-refractivity contribution >= 4 is 17.5 Å². The molecule has 3 rings (SSSR count). The Balaban J connectivity index is 1.65. The summed E-state index contributed by atoms with van der Waals surface area (Å²) in [6, 6.07) is 14.4. The maximum Gasteiger partial charge on any atom is 0.255 e. The van der Waals surface area contributed by atoms with E-state index >= 15 is 0 Å². The van der Waals surface area contributed by atoms with Crippen LogP contribution in [0.5, 0.6) is 0 Å². The van der Waals surface area contributed by atoms with Gasteiger partial charge in [-0.3, -0.25) is 14.5 Å². The van der Waals surface area contributed by atoms with Gasteiger partial charge in [-0.05, 0) is 50.6 Å². The molecule has 0 bridgehead atoms. The maximum atomic E-state index is 12.7. The molecular weight excluding hydrogens is 366 g/mol. The Labute approximate surface area is 172 Å². The molecule has 0 unspecified atom stereocenters. The van der Waals surface area contributed by atoms with E-state index in [1.807, 2.05) is 31.2 Å². The smallest absolute Gasteiger partial charge is 0.255 e. The first-order chi connectivity index (χ1) is 13.9. The number of anilines is 1. The lowest BCUT2D eigenvalue weighted by atomic mass is 10.0. The SMILES string of the molecule is Cc1ccc(C(=O)NCC(C)(C)N2CCOCC2)cc1NC(=O)c1ccccc1. The summed E-state index contributed by atoms with van der Waals surface area (Å²) in [5.74, 6) is -0.346. The summed E-state index contributed by atoms with van der Waals surface area (Å²) >= 11 is 0. The van der Waals surface area contributed by atoms with E-state index in [9.17, 15) is 9.59 Å². The number of hydrogen-bond donors (Lipinski definition) is 2. The number of carbonyl (C=O) groups is 2. The molecule has 0 spiro atoms. The summed E-state index contributed by atoms with van der Waals surface area (Å²) in [6.45, 7) is 9.86. The van der Waals surface area contributed by atoms with E-state index in [0.717, 1.165) is 31.9 Å². The van der Waals surface area contributed by atoms with Gasteiger partial charge in [-0.1, -0.05) is 24.3 Å². The van der Waals surface area contributed by atoms with E-state index in [1.54, 1.807) is 24.3 Å². The summed E-state index contributed by atoms with van der Waals surface area (Å²) in [5, 5.41) is 5.94. The Morgan fingerprint density at radius 1 is 1.00 bits per heavy atom.